The fourth-order valence-electron chi connectivity index (χ4n) is 4.14. The molecule has 4 aromatic carbocycles. The van der Waals surface area contributed by atoms with Crippen molar-refractivity contribution >= 4 is 33.9 Å². The first-order valence-corrected chi connectivity index (χ1v) is 10.9. The SMILES string of the molecule is Cc1ccc(C(=CC(=O)O)c2cccc3cccc(/C(=C/C(=O)O)c4ccc(C)cc4)c23)cc1. The van der Waals surface area contributed by atoms with E-state index in [1.165, 1.54) is 12.2 Å². The maximum absolute atomic E-state index is 11.8. The summed E-state index contributed by atoms with van der Waals surface area (Å²) in [5.74, 6) is -2.10. The van der Waals surface area contributed by atoms with Crippen molar-refractivity contribution < 1.29 is 19.8 Å². The van der Waals surface area contributed by atoms with Crippen LogP contribution in [0, 0.1) is 13.8 Å². The van der Waals surface area contributed by atoms with Gasteiger partial charge in [-0.1, -0.05) is 96.1 Å². The number of aryl methyl sites for hydroxylation is 2. The lowest BCUT2D eigenvalue weighted by Gasteiger charge is -2.17. The molecule has 4 aromatic rings. The van der Waals surface area contributed by atoms with E-state index in [4.69, 9.17) is 0 Å². The van der Waals surface area contributed by atoms with Crippen molar-refractivity contribution in [3.63, 3.8) is 0 Å². The van der Waals surface area contributed by atoms with Gasteiger partial charge < -0.3 is 10.2 Å². The molecule has 0 saturated carbocycles. The monoisotopic (exact) mass is 448 g/mol. The largest absolute Gasteiger partial charge is 0.478 e. The Kier molecular flexibility index (Phi) is 6.42. The van der Waals surface area contributed by atoms with Crippen molar-refractivity contribution in [3.8, 4) is 0 Å². The Morgan fingerprint density at radius 3 is 1.32 bits per heavy atom. The number of carboxylic acid groups (broad SMARTS) is 2. The van der Waals surface area contributed by atoms with Crippen molar-refractivity contribution in [1.82, 2.24) is 0 Å². The van der Waals surface area contributed by atoms with Crippen LogP contribution in [0.5, 0.6) is 0 Å². The second-order valence-electron chi connectivity index (χ2n) is 8.23. The first kappa shape index (κ1) is 22.7. The van der Waals surface area contributed by atoms with Gasteiger partial charge in [0.05, 0.1) is 0 Å². The van der Waals surface area contributed by atoms with Crippen molar-refractivity contribution in [2.75, 3.05) is 0 Å². The molecule has 0 aliphatic carbocycles. The third-order valence-electron chi connectivity index (χ3n) is 5.75. The van der Waals surface area contributed by atoms with Crippen LogP contribution in [0.4, 0.5) is 0 Å². The van der Waals surface area contributed by atoms with Gasteiger partial charge in [0, 0.05) is 12.2 Å². The number of carbonyl (C=O) groups is 2. The summed E-state index contributed by atoms with van der Waals surface area (Å²) in [4.78, 5) is 23.6. The molecule has 168 valence electrons. The van der Waals surface area contributed by atoms with E-state index in [1.54, 1.807) is 0 Å². The predicted octanol–water partition coefficient (Wildman–Crippen LogP) is 6.49. The molecule has 0 bridgehead atoms. The van der Waals surface area contributed by atoms with Crippen LogP contribution in [0.25, 0.3) is 21.9 Å². The summed E-state index contributed by atoms with van der Waals surface area (Å²) in [6.07, 6.45) is 2.42. The minimum absolute atomic E-state index is 0.559. The second-order valence-corrected chi connectivity index (χ2v) is 8.23. The van der Waals surface area contributed by atoms with Crippen LogP contribution in [0.1, 0.15) is 33.4 Å². The number of rotatable bonds is 6. The maximum Gasteiger partial charge on any atom is 0.328 e. The summed E-state index contributed by atoms with van der Waals surface area (Å²) in [6.45, 7) is 3.95. The van der Waals surface area contributed by atoms with Crippen LogP contribution in [0.2, 0.25) is 0 Å². The summed E-state index contributed by atoms with van der Waals surface area (Å²) in [5, 5.41) is 21.0. The van der Waals surface area contributed by atoms with E-state index in [0.717, 1.165) is 44.2 Å². The first-order chi connectivity index (χ1) is 16.3. The van der Waals surface area contributed by atoms with E-state index in [0.29, 0.717) is 11.1 Å². The third kappa shape index (κ3) is 4.81. The fraction of sp³-hybridized carbons (Fsp3) is 0.0667. The van der Waals surface area contributed by atoms with E-state index >= 15 is 0 Å². The average molecular weight is 449 g/mol. The molecule has 34 heavy (non-hydrogen) atoms. The van der Waals surface area contributed by atoms with Gasteiger partial charge in [-0.3, -0.25) is 0 Å². The van der Waals surface area contributed by atoms with Crippen LogP contribution in [-0.2, 0) is 9.59 Å². The lowest BCUT2D eigenvalue weighted by atomic mass is 9.86. The van der Waals surface area contributed by atoms with Gasteiger partial charge in [0.15, 0.2) is 0 Å². The number of carboxylic acids is 2. The van der Waals surface area contributed by atoms with Gasteiger partial charge in [-0.05, 0) is 58.0 Å². The molecular weight excluding hydrogens is 424 g/mol. The van der Waals surface area contributed by atoms with Gasteiger partial charge in [0.25, 0.3) is 0 Å². The molecule has 2 N–H and O–H groups in total. The molecule has 4 heteroatoms. The van der Waals surface area contributed by atoms with E-state index in [-0.39, 0.29) is 0 Å². The maximum atomic E-state index is 11.8. The lowest BCUT2D eigenvalue weighted by Crippen LogP contribution is -2.00. The summed E-state index contributed by atoms with van der Waals surface area (Å²) in [5.41, 5.74) is 6.26. The van der Waals surface area contributed by atoms with Crippen molar-refractivity contribution in [2.24, 2.45) is 0 Å². The highest BCUT2D eigenvalue weighted by Crippen LogP contribution is 2.37. The molecule has 4 rings (SSSR count). The number of aliphatic carboxylic acids is 2. The number of fused-ring (bicyclic) bond motifs is 1. The summed E-state index contributed by atoms with van der Waals surface area (Å²) >= 11 is 0. The summed E-state index contributed by atoms with van der Waals surface area (Å²) in [6, 6.07) is 26.8. The van der Waals surface area contributed by atoms with Crippen LogP contribution < -0.4 is 0 Å². The minimum Gasteiger partial charge on any atom is -0.478 e. The fourth-order valence-corrected chi connectivity index (χ4v) is 4.14. The smallest absolute Gasteiger partial charge is 0.328 e. The molecule has 0 unspecified atom stereocenters. The number of hydrogen-bond donors (Lipinski definition) is 2. The Morgan fingerprint density at radius 2 is 0.971 bits per heavy atom. The molecule has 0 aromatic heterocycles. The Balaban J connectivity index is 2.05. The van der Waals surface area contributed by atoms with Gasteiger partial charge in [0.1, 0.15) is 0 Å². The molecule has 0 spiro atoms. The molecule has 0 heterocycles. The molecule has 0 radical (unpaired) electrons. The molecule has 0 aliphatic rings. The molecule has 4 nitrogen and oxygen atoms in total. The Hall–Kier alpha value is -4.44. The molecule has 0 amide bonds. The quantitative estimate of drug-likeness (QED) is 0.331. The number of benzene rings is 4. The Labute approximate surface area is 198 Å². The van der Waals surface area contributed by atoms with E-state index in [9.17, 15) is 19.8 Å². The predicted molar refractivity (Wildman–Crippen MR) is 136 cm³/mol. The number of hydrogen-bond acceptors (Lipinski definition) is 2. The van der Waals surface area contributed by atoms with Crippen LogP contribution >= 0.6 is 0 Å². The second kappa shape index (κ2) is 9.59. The lowest BCUT2D eigenvalue weighted by molar-refractivity contribution is -0.132. The van der Waals surface area contributed by atoms with Gasteiger partial charge in [-0.2, -0.15) is 0 Å². The Morgan fingerprint density at radius 1 is 0.588 bits per heavy atom. The average Bonchev–Trinajstić information content (AvgIpc) is 2.81. The van der Waals surface area contributed by atoms with Gasteiger partial charge in [0.2, 0.25) is 0 Å². The first-order valence-electron chi connectivity index (χ1n) is 10.9. The molecule has 0 fully saturated rings. The molecule has 0 atom stereocenters. The molecule has 0 saturated heterocycles. The van der Waals surface area contributed by atoms with E-state index in [1.807, 2.05) is 98.8 Å². The van der Waals surface area contributed by atoms with Gasteiger partial charge in [-0.25, -0.2) is 9.59 Å². The highest BCUT2D eigenvalue weighted by atomic mass is 16.4. The van der Waals surface area contributed by atoms with Crippen LogP contribution in [-0.4, -0.2) is 22.2 Å². The standard InChI is InChI=1S/C30H24O4/c1-19-9-13-21(14-10-19)26(17-28(31)32)24-7-3-5-23-6-4-8-25(30(23)24)27(18-29(33)34)22-15-11-20(2)12-16-22/h3-18H,1-2H3,(H,31,32)(H,33,34)/b26-17+,27-18?. The van der Waals surface area contributed by atoms with Crippen LogP contribution in [0.3, 0.4) is 0 Å². The highest BCUT2D eigenvalue weighted by molar-refractivity contribution is 6.09. The zero-order valence-electron chi connectivity index (χ0n) is 18.9. The van der Waals surface area contributed by atoms with E-state index in [2.05, 4.69) is 0 Å². The van der Waals surface area contributed by atoms with Crippen molar-refractivity contribution in [1.29, 1.82) is 0 Å². The zero-order chi connectivity index (χ0) is 24.2. The van der Waals surface area contributed by atoms with Crippen molar-refractivity contribution in [3.05, 3.63) is 130 Å². The van der Waals surface area contributed by atoms with Gasteiger partial charge in [-0.15, -0.1) is 0 Å². The molecule has 0 aliphatic heterocycles. The Bertz CT molecular complexity index is 1330. The summed E-state index contributed by atoms with van der Waals surface area (Å²) < 4.78 is 0. The minimum atomic E-state index is -1.05. The van der Waals surface area contributed by atoms with E-state index < -0.39 is 11.9 Å². The normalized spacial score (nSPS) is 12.1. The van der Waals surface area contributed by atoms with Gasteiger partial charge >= 0.3 is 11.9 Å². The molecular formula is C30H24O4. The summed E-state index contributed by atoms with van der Waals surface area (Å²) in [7, 11) is 0. The zero-order valence-corrected chi connectivity index (χ0v) is 18.9. The topological polar surface area (TPSA) is 74.6 Å². The third-order valence-corrected chi connectivity index (χ3v) is 5.75. The highest BCUT2D eigenvalue weighted by Gasteiger charge is 2.17. The van der Waals surface area contributed by atoms with Crippen molar-refractivity contribution in [2.45, 2.75) is 13.8 Å². The van der Waals surface area contributed by atoms with Crippen LogP contribution in [0.15, 0.2) is 97.1 Å².